The first-order chi connectivity index (χ1) is 20.7. The van der Waals surface area contributed by atoms with Gasteiger partial charge in [0.05, 0.1) is 18.3 Å². The number of hydrogen-bond acceptors (Lipinski definition) is 9. The molecule has 0 amide bonds. The van der Waals surface area contributed by atoms with Crippen LogP contribution in [0.3, 0.4) is 0 Å². The zero-order chi connectivity index (χ0) is 29.7. The van der Waals surface area contributed by atoms with E-state index in [-0.39, 0.29) is 53.5 Å². The van der Waals surface area contributed by atoms with Crippen LogP contribution in [0.2, 0.25) is 0 Å². The quantitative estimate of drug-likeness (QED) is 0.227. The summed E-state index contributed by atoms with van der Waals surface area (Å²) in [5.41, 5.74) is 1.81. The molecule has 2 saturated heterocycles. The third-order valence-electron chi connectivity index (χ3n) is 8.28. The van der Waals surface area contributed by atoms with E-state index in [0.29, 0.717) is 41.4 Å². The number of hydrogen-bond donors (Lipinski definition) is 1. The highest BCUT2D eigenvalue weighted by atomic mass is 19.4. The van der Waals surface area contributed by atoms with Crippen molar-refractivity contribution in [2.45, 2.75) is 75.6 Å². The van der Waals surface area contributed by atoms with Gasteiger partial charge in [0.1, 0.15) is 17.2 Å². The molecule has 2 aliphatic heterocycles. The number of aromatic nitrogens is 3. The fraction of sp³-hybridized carbons (Fsp3) is 0.400. The Morgan fingerprint density at radius 2 is 1.79 bits per heavy atom. The van der Waals surface area contributed by atoms with Crippen LogP contribution in [-0.4, -0.2) is 51.0 Å². The van der Waals surface area contributed by atoms with Crippen molar-refractivity contribution >= 4 is 12.0 Å². The molecule has 1 N–H and O–H groups in total. The van der Waals surface area contributed by atoms with Crippen molar-refractivity contribution < 1.29 is 41.5 Å². The molecule has 1 saturated carbocycles. The summed E-state index contributed by atoms with van der Waals surface area (Å²) in [4.78, 5) is 13.5. The van der Waals surface area contributed by atoms with Gasteiger partial charge >= 0.3 is 18.3 Å². The molecule has 4 aromatic rings. The Morgan fingerprint density at radius 1 is 1.02 bits per heavy atom. The van der Waals surface area contributed by atoms with Crippen molar-refractivity contribution in [3.63, 3.8) is 0 Å². The fourth-order valence-electron chi connectivity index (χ4n) is 6.21. The van der Waals surface area contributed by atoms with Crippen LogP contribution in [0.15, 0.2) is 57.5 Å². The highest BCUT2D eigenvalue weighted by molar-refractivity contribution is 5.89. The van der Waals surface area contributed by atoms with Crippen LogP contribution in [0.4, 0.5) is 19.2 Å². The van der Waals surface area contributed by atoms with E-state index in [1.54, 1.807) is 18.2 Å². The van der Waals surface area contributed by atoms with Gasteiger partial charge in [0.25, 0.3) is 0 Å². The molecular weight excluding hydrogens is 569 g/mol. The standard InChI is InChI=1S/C30H27F3N4O6/c31-30(32,33)42-24-7-2-1-6-22(24)25-23(26(43-36-25)16-8-9-16)15-40-21-13-19-10-11-20(14-21)37(19)29-35-34-27(41-29)17-4-3-5-18(12-17)28(38)39/h1-7,12,16,19-21H,8-11,13-15H2,(H,38,39)/t19-,20+,21?. The summed E-state index contributed by atoms with van der Waals surface area (Å²) in [6, 6.07) is 12.9. The van der Waals surface area contributed by atoms with E-state index < -0.39 is 12.3 Å². The summed E-state index contributed by atoms with van der Waals surface area (Å²) in [6.07, 6.45) is 0.168. The SMILES string of the molecule is O=C(O)c1cccc(-c2nnc(N3[C@@H]4CC[C@H]3CC(OCc3c(-c5ccccc5OC(F)(F)F)noc3C3CC3)C4)o2)c1. The zero-order valence-corrected chi connectivity index (χ0v) is 22.8. The van der Waals surface area contributed by atoms with Crippen molar-refractivity contribution in [3.8, 4) is 28.5 Å². The smallest absolute Gasteiger partial charge is 0.478 e. The molecule has 1 unspecified atom stereocenters. The number of carbonyl (C=O) groups is 1. The van der Waals surface area contributed by atoms with Crippen molar-refractivity contribution in [3.05, 3.63) is 65.4 Å². The lowest BCUT2D eigenvalue weighted by molar-refractivity contribution is -0.274. The first-order valence-electron chi connectivity index (χ1n) is 14.1. The molecule has 2 aromatic carbocycles. The van der Waals surface area contributed by atoms with Gasteiger partial charge in [0.2, 0.25) is 5.89 Å². The number of carboxylic acids is 1. The van der Waals surface area contributed by atoms with Gasteiger partial charge in [-0.2, -0.15) is 0 Å². The number of aromatic carboxylic acids is 1. The molecule has 0 radical (unpaired) electrons. The number of benzene rings is 2. The maximum atomic E-state index is 13.1. The van der Waals surface area contributed by atoms with Gasteiger partial charge in [-0.1, -0.05) is 28.5 Å². The van der Waals surface area contributed by atoms with E-state index in [2.05, 4.69) is 25.0 Å². The van der Waals surface area contributed by atoms with E-state index in [1.807, 2.05) is 0 Å². The molecule has 224 valence electrons. The van der Waals surface area contributed by atoms with Crippen LogP contribution in [-0.2, 0) is 11.3 Å². The van der Waals surface area contributed by atoms with Crippen LogP contribution in [0.1, 0.15) is 66.1 Å². The zero-order valence-electron chi connectivity index (χ0n) is 22.8. The van der Waals surface area contributed by atoms with Crippen molar-refractivity contribution in [1.82, 2.24) is 15.4 Å². The summed E-state index contributed by atoms with van der Waals surface area (Å²) in [5.74, 6) is -0.299. The minimum absolute atomic E-state index is 0.0974. The Balaban J connectivity index is 1.07. The monoisotopic (exact) mass is 596 g/mol. The predicted octanol–water partition coefficient (Wildman–Crippen LogP) is 6.58. The van der Waals surface area contributed by atoms with Crippen LogP contribution < -0.4 is 9.64 Å². The first kappa shape index (κ1) is 27.4. The predicted molar refractivity (Wildman–Crippen MR) is 144 cm³/mol. The Labute approximate surface area is 243 Å². The number of nitrogens with zero attached hydrogens (tertiary/aromatic N) is 4. The van der Waals surface area contributed by atoms with E-state index in [1.165, 1.54) is 30.3 Å². The Hall–Kier alpha value is -4.39. The number of fused-ring (bicyclic) bond motifs is 2. The number of halogens is 3. The van der Waals surface area contributed by atoms with E-state index in [0.717, 1.165) is 25.7 Å². The number of alkyl halides is 3. The lowest BCUT2D eigenvalue weighted by Gasteiger charge is -2.37. The minimum Gasteiger partial charge on any atom is -0.478 e. The molecule has 3 aliphatic rings. The second-order valence-electron chi connectivity index (χ2n) is 11.2. The number of ether oxygens (including phenoxy) is 2. The molecule has 10 nitrogen and oxygen atoms in total. The highest BCUT2D eigenvalue weighted by Crippen LogP contribution is 2.46. The molecule has 1 aliphatic carbocycles. The third kappa shape index (κ3) is 5.56. The second kappa shape index (κ2) is 10.7. The van der Waals surface area contributed by atoms with Gasteiger partial charge in [0, 0.05) is 34.7 Å². The highest BCUT2D eigenvalue weighted by Gasteiger charge is 2.44. The average molecular weight is 597 g/mol. The maximum absolute atomic E-state index is 13.1. The van der Waals surface area contributed by atoms with Gasteiger partial charge < -0.3 is 28.4 Å². The van der Waals surface area contributed by atoms with Crippen molar-refractivity contribution in [2.24, 2.45) is 0 Å². The molecule has 7 rings (SSSR count). The Morgan fingerprint density at radius 3 is 2.51 bits per heavy atom. The molecular formula is C30H27F3N4O6. The Bertz CT molecular complexity index is 1630. The molecule has 3 atom stereocenters. The minimum atomic E-state index is -4.84. The normalized spacial score (nSPS) is 21.7. The number of rotatable bonds is 9. The molecule has 13 heteroatoms. The van der Waals surface area contributed by atoms with Gasteiger partial charge in [-0.3, -0.25) is 0 Å². The van der Waals surface area contributed by atoms with E-state index in [9.17, 15) is 23.1 Å². The summed E-state index contributed by atoms with van der Waals surface area (Å²) in [6.45, 7) is 0.153. The summed E-state index contributed by atoms with van der Waals surface area (Å²) in [7, 11) is 0. The van der Waals surface area contributed by atoms with Crippen molar-refractivity contribution in [2.75, 3.05) is 4.90 Å². The summed E-state index contributed by atoms with van der Waals surface area (Å²) in [5, 5.41) is 21.9. The summed E-state index contributed by atoms with van der Waals surface area (Å²) >= 11 is 0. The van der Waals surface area contributed by atoms with E-state index >= 15 is 0 Å². The lowest BCUT2D eigenvalue weighted by atomic mass is 9.99. The average Bonchev–Trinajstić information content (AvgIpc) is 3.44. The molecule has 4 heterocycles. The molecule has 2 aromatic heterocycles. The van der Waals surface area contributed by atoms with Crippen molar-refractivity contribution in [1.29, 1.82) is 0 Å². The maximum Gasteiger partial charge on any atom is 0.573 e. The largest absolute Gasteiger partial charge is 0.573 e. The third-order valence-corrected chi connectivity index (χ3v) is 8.28. The fourth-order valence-corrected chi connectivity index (χ4v) is 6.21. The number of anilines is 1. The summed E-state index contributed by atoms with van der Waals surface area (Å²) < 4.78 is 61.7. The van der Waals surface area contributed by atoms with Gasteiger partial charge in [-0.05, 0) is 68.9 Å². The molecule has 0 spiro atoms. The van der Waals surface area contributed by atoms with Gasteiger partial charge in [0.15, 0.2) is 0 Å². The lowest BCUT2D eigenvalue weighted by Crippen LogP contribution is -2.45. The van der Waals surface area contributed by atoms with Crippen LogP contribution >= 0.6 is 0 Å². The molecule has 3 fully saturated rings. The van der Waals surface area contributed by atoms with Gasteiger partial charge in [-0.15, -0.1) is 18.3 Å². The second-order valence-corrected chi connectivity index (χ2v) is 11.2. The van der Waals surface area contributed by atoms with Gasteiger partial charge in [-0.25, -0.2) is 4.79 Å². The number of piperidine rings is 1. The number of para-hydroxylation sites is 1. The van der Waals surface area contributed by atoms with E-state index in [4.69, 9.17) is 13.7 Å². The van der Waals surface area contributed by atoms with Crippen LogP contribution in [0.5, 0.6) is 5.75 Å². The Kier molecular flexibility index (Phi) is 6.83. The topological polar surface area (TPSA) is 124 Å². The molecule has 2 bridgehead atoms. The van der Waals surface area contributed by atoms with Crippen LogP contribution in [0.25, 0.3) is 22.7 Å². The van der Waals surface area contributed by atoms with Crippen LogP contribution in [0, 0.1) is 0 Å². The molecule has 43 heavy (non-hydrogen) atoms. The first-order valence-corrected chi connectivity index (χ1v) is 14.1. The number of carboxylic acid groups (broad SMARTS) is 1.